The molecule has 1 aromatic carbocycles. The first-order valence-corrected chi connectivity index (χ1v) is 4.71. The summed E-state index contributed by atoms with van der Waals surface area (Å²) in [4.78, 5) is 0. The van der Waals surface area contributed by atoms with Crippen LogP contribution in [-0.4, -0.2) is 6.10 Å². The van der Waals surface area contributed by atoms with Gasteiger partial charge >= 0.3 is 0 Å². The van der Waals surface area contributed by atoms with Gasteiger partial charge in [0.2, 0.25) is 0 Å². The van der Waals surface area contributed by atoms with Crippen molar-refractivity contribution in [1.29, 1.82) is 0 Å². The topological polar surface area (TPSA) is 9.23 Å². The summed E-state index contributed by atoms with van der Waals surface area (Å²) in [5, 5.41) is 0. The Hall–Kier alpha value is -1.12. The van der Waals surface area contributed by atoms with Crippen molar-refractivity contribution in [3.8, 4) is 5.75 Å². The van der Waals surface area contributed by atoms with E-state index >= 15 is 0 Å². The normalized spacial score (nSPS) is 9.36. The number of hydrogen-bond acceptors (Lipinski definition) is 1. The van der Waals surface area contributed by atoms with Crippen molar-refractivity contribution in [3.05, 3.63) is 29.8 Å². The van der Waals surface area contributed by atoms with Gasteiger partial charge in [-0.2, -0.15) is 0 Å². The first-order valence-electron chi connectivity index (χ1n) is 4.71. The van der Waals surface area contributed by atoms with E-state index in [1.165, 1.54) is 6.07 Å². The van der Waals surface area contributed by atoms with E-state index < -0.39 is 11.6 Å². The van der Waals surface area contributed by atoms with Crippen molar-refractivity contribution in [2.24, 2.45) is 0 Å². The van der Waals surface area contributed by atoms with Crippen molar-refractivity contribution < 1.29 is 13.5 Å². The van der Waals surface area contributed by atoms with Gasteiger partial charge < -0.3 is 4.74 Å². The molecular weight excluding hydrogens is 186 g/mol. The Kier molecular flexibility index (Phi) is 5.84. The molecule has 1 aromatic rings. The molecule has 0 saturated heterocycles. The summed E-state index contributed by atoms with van der Waals surface area (Å²) in [5.74, 6) is -1.39. The summed E-state index contributed by atoms with van der Waals surface area (Å²) in [7, 11) is 0. The molecule has 3 heteroatoms. The van der Waals surface area contributed by atoms with Gasteiger partial charge in [-0.05, 0) is 26.0 Å². The summed E-state index contributed by atoms with van der Waals surface area (Å²) >= 11 is 0. The van der Waals surface area contributed by atoms with Gasteiger partial charge in [-0.25, -0.2) is 8.78 Å². The lowest BCUT2D eigenvalue weighted by Gasteiger charge is -2.08. The van der Waals surface area contributed by atoms with Gasteiger partial charge in [-0.1, -0.05) is 13.8 Å². The van der Waals surface area contributed by atoms with Crippen LogP contribution in [0.1, 0.15) is 27.7 Å². The van der Waals surface area contributed by atoms with Crippen molar-refractivity contribution >= 4 is 0 Å². The summed E-state index contributed by atoms with van der Waals surface area (Å²) in [5.41, 5.74) is 0. The van der Waals surface area contributed by atoms with E-state index in [1.54, 1.807) is 0 Å². The van der Waals surface area contributed by atoms with Crippen LogP contribution in [0.15, 0.2) is 18.2 Å². The van der Waals surface area contributed by atoms with Gasteiger partial charge in [0.15, 0.2) is 11.6 Å². The Balaban J connectivity index is 0.000000791. The number of hydrogen-bond donors (Lipinski definition) is 0. The molecule has 0 aliphatic rings. The van der Waals surface area contributed by atoms with Crippen molar-refractivity contribution in [2.45, 2.75) is 33.8 Å². The average molecular weight is 202 g/mol. The van der Waals surface area contributed by atoms with E-state index in [-0.39, 0.29) is 6.10 Å². The molecule has 0 amide bonds. The van der Waals surface area contributed by atoms with Gasteiger partial charge in [-0.3, -0.25) is 0 Å². The number of ether oxygens (including phenoxy) is 1. The first kappa shape index (κ1) is 12.9. The highest BCUT2D eigenvalue weighted by molar-refractivity contribution is 5.23. The molecule has 0 unspecified atom stereocenters. The molecule has 14 heavy (non-hydrogen) atoms. The molecule has 0 fully saturated rings. The summed E-state index contributed by atoms with van der Waals surface area (Å²) in [6.45, 7) is 7.64. The molecule has 0 N–H and O–H groups in total. The Morgan fingerprint density at radius 1 is 1.07 bits per heavy atom. The summed E-state index contributed by atoms with van der Waals surface area (Å²) in [6, 6.07) is 3.49. The fourth-order valence-corrected chi connectivity index (χ4v) is 0.822. The smallest absolute Gasteiger partial charge is 0.162 e. The fourth-order valence-electron chi connectivity index (χ4n) is 0.822. The van der Waals surface area contributed by atoms with Crippen LogP contribution >= 0.6 is 0 Å². The maximum atomic E-state index is 12.6. The van der Waals surface area contributed by atoms with Gasteiger partial charge in [0.25, 0.3) is 0 Å². The van der Waals surface area contributed by atoms with Gasteiger partial charge in [0.1, 0.15) is 5.75 Å². The average Bonchev–Trinajstić information content (AvgIpc) is 2.14. The molecule has 1 rings (SSSR count). The molecule has 80 valence electrons. The molecule has 0 heterocycles. The van der Waals surface area contributed by atoms with Crippen molar-refractivity contribution in [3.63, 3.8) is 0 Å². The van der Waals surface area contributed by atoms with Gasteiger partial charge in [0, 0.05) is 6.07 Å². The third-order valence-electron chi connectivity index (χ3n) is 1.26. The summed E-state index contributed by atoms with van der Waals surface area (Å²) < 4.78 is 30.1. The molecule has 0 spiro atoms. The molecule has 0 aliphatic carbocycles. The Bertz CT molecular complexity index is 272. The monoisotopic (exact) mass is 202 g/mol. The molecule has 0 radical (unpaired) electrons. The van der Waals surface area contributed by atoms with E-state index in [0.29, 0.717) is 5.75 Å². The zero-order valence-electron chi connectivity index (χ0n) is 8.97. The molecule has 0 atom stereocenters. The molecule has 0 bridgehead atoms. The highest BCUT2D eigenvalue weighted by atomic mass is 19.2. The standard InChI is InChI=1S/C9H10F2O.C2H6/c1-6(2)12-7-3-4-8(10)9(11)5-7;1-2/h3-6H,1-2H3;1-2H3. The highest BCUT2D eigenvalue weighted by Crippen LogP contribution is 2.16. The molecule has 0 saturated carbocycles. The van der Waals surface area contributed by atoms with E-state index in [0.717, 1.165) is 12.1 Å². The van der Waals surface area contributed by atoms with Crippen LogP contribution in [0.5, 0.6) is 5.75 Å². The van der Waals surface area contributed by atoms with E-state index in [2.05, 4.69) is 0 Å². The SMILES string of the molecule is CC.CC(C)Oc1ccc(F)c(F)c1. The van der Waals surface area contributed by atoms with Crippen LogP contribution in [-0.2, 0) is 0 Å². The third kappa shape index (κ3) is 4.21. The zero-order valence-corrected chi connectivity index (χ0v) is 8.97. The van der Waals surface area contributed by atoms with Crippen LogP contribution in [0, 0.1) is 11.6 Å². The highest BCUT2D eigenvalue weighted by Gasteiger charge is 2.03. The van der Waals surface area contributed by atoms with Gasteiger partial charge in [-0.15, -0.1) is 0 Å². The zero-order chi connectivity index (χ0) is 11.1. The molecular formula is C11H16F2O. The summed E-state index contributed by atoms with van der Waals surface area (Å²) in [6.07, 6.45) is -0.0325. The Morgan fingerprint density at radius 3 is 2.07 bits per heavy atom. The second kappa shape index (κ2) is 6.35. The largest absolute Gasteiger partial charge is 0.491 e. The van der Waals surface area contributed by atoms with Crippen molar-refractivity contribution in [1.82, 2.24) is 0 Å². The second-order valence-electron chi connectivity index (χ2n) is 2.74. The van der Waals surface area contributed by atoms with E-state index in [9.17, 15) is 8.78 Å². The van der Waals surface area contributed by atoms with E-state index in [4.69, 9.17) is 4.74 Å². The van der Waals surface area contributed by atoms with Crippen molar-refractivity contribution in [2.75, 3.05) is 0 Å². The second-order valence-corrected chi connectivity index (χ2v) is 2.74. The van der Waals surface area contributed by atoms with Crippen LogP contribution in [0.25, 0.3) is 0 Å². The maximum Gasteiger partial charge on any atom is 0.162 e. The lowest BCUT2D eigenvalue weighted by Crippen LogP contribution is -2.05. The fraction of sp³-hybridized carbons (Fsp3) is 0.455. The minimum Gasteiger partial charge on any atom is -0.491 e. The van der Waals surface area contributed by atoms with Crippen LogP contribution in [0.2, 0.25) is 0 Å². The van der Waals surface area contributed by atoms with Crippen LogP contribution in [0.3, 0.4) is 0 Å². The predicted molar refractivity (Wildman–Crippen MR) is 53.5 cm³/mol. The minimum absolute atomic E-state index is 0.0325. The minimum atomic E-state index is -0.881. The third-order valence-corrected chi connectivity index (χ3v) is 1.26. The van der Waals surface area contributed by atoms with Gasteiger partial charge in [0.05, 0.1) is 6.10 Å². The molecule has 0 aromatic heterocycles. The number of rotatable bonds is 2. The molecule has 0 aliphatic heterocycles. The Labute approximate surface area is 83.7 Å². The predicted octanol–water partition coefficient (Wildman–Crippen LogP) is 3.78. The number of halogens is 2. The van der Waals surface area contributed by atoms with Crippen LogP contribution < -0.4 is 4.74 Å². The maximum absolute atomic E-state index is 12.6. The quantitative estimate of drug-likeness (QED) is 0.709. The first-order chi connectivity index (χ1) is 6.59. The Morgan fingerprint density at radius 2 is 1.64 bits per heavy atom. The lowest BCUT2D eigenvalue weighted by atomic mass is 10.3. The number of benzene rings is 1. The van der Waals surface area contributed by atoms with Crippen LogP contribution in [0.4, 0.5) is 8.78 Å². The lowest BCUT2D eigenvalue weighted by molar-refractivity contribution is 0.240. The molecule has 1 nitrogen and oxygen atoms in total. The van der Waals surface area contributed by atoms with E-state index in [1.807, 2.05) is 27.7 Å².